The number of rotatable bonds is 6. The normalized spacial score (nSPS) is 18.4. The molecule has 2 atom stereocenters. The lowest BCUT2D eigenvalue weighted by molar-refractivity contribution is -0.140. The number of carbonyl (C=O) groups is 2. The van der Waals surface area contributed by atoms with Crippen LogP contribution in [0.4, 0.5) is 0 Å². The van der Waals surface area contributed by atoms with Crippen molar-refractivity contribution < 1.29 is 19.8 Å². The van der Waals surface area contributed by atoms with Gasteiger partial charge in [-0.1, -0.05) is 42.5 Å². The largest absolute Gasteiger partial charge is 0.508 e. The summed E-state index contributed by atoms with van der Waals surface area (Å²) in [4.78, 5) is 32.1. The van der Waals surface area contributed by atoms with E-state index in [2.05, 4.69) is 4.98 Å². The van der Waals surface area contributed by atoms with Crippen LogP contribution in [-0.4, -0.2) is 42.9 Å². The molecule has 2 heterocycles. The Labute approximate surface area is 190 Å². The molecule has 1 aliphatic heterocycles. The smallest absolute Gasteiger partial charge is 0.291 e. The van der Waals surface area contributed by atoms with Crippen LogP contribution in [0.3, 0.4) is 0 Å². The second kappa shape index (κ2) is 8.43. The highest BCUT2D eigenvalue weighted by Gasteiger charge is 2.49. The number of nitrogens with zero attached hydrogens (tertiary/aromatic N) is 3. The van der Waals surface area contributed by atoms with Gasteiger partial charge in [0.15, 0.2) is 0 Å². The fraction of sp³-hybridized carbons (Fsp3) is 0.192. The Hall–Kier alpha value is -4.13. The number of imidazole rings is 1. The van der Waals surface area contributed by atoms with Crippen LogP contribution >= 0.6 is 0 Å². The van der Waals surface area contributed by atoms with Crippen molar-refractivity contribution >= 4 is 22.5 Å². The van der Waals surface area contributed by atoms with Crippen molar-refractivity contribution in [2.75, 3.05) is 6.54 Å². The van der Waals surface area contributed by atoms with Crippen LogP contribution < -0.4 is 0 Å². The molecule has 1 saturated heterocycles. The van der Waals surface area contributed by atoms with Crippen LogP contribution in [0, 0.1) is 0 Å². The highest BCUT2D eigenvalue weighted by atomic mass is 16.3. The molecule has 5 rings (SSSR count). The Balaban J connectivity index is 1.61. The molecule has 0 radical (unpaired) electrons. The van der Waals surface area contributed by atoms with Crippen molar-refractivity contribution in [2.24, 2.45) is 0 Å². The second-order valence-electron chi connectivity index (χ2n) is 8.25. The van der Waals surface area contributed by atoms with E-state index >= 15 is 0 Å². The fourth-order valence-corrected chi connectivity index (χ4v) is 4.74. The molecular formula is C26H23N3O4. The van der Waals surface area contributed by atoms with Gasteiger partial charge in [-0.2, -0.15) is 0 Å². The summed E-state index contributed by atoms with van der Waals surface area (Å²) in [5, 5.41) is 22.4. The number of aromatic hydroxyl groups is 2. The van der Waals surface area contributed by atoms with E-state index in [1.807, 2.05) is 41.1 Å². The number of amides is 1. The maximum Gasteiger partial charge on any atom is 0.291 e. The van der Waals surface area contributed by atoms with Crippen LogP contribution in [0.25, 0.3) is 10.8 Å². The lowest BCUT2D eigenvalue weighted by Crippen LogP contribution is -2.31. The zero-order chi connectivity index (χ0) is 22.9. The van der Waals surface area contributed by atoms with Crippen LogP contribution in [0.15, 0.2) is 79.4 Å². The van der Waals surface area contributed by atoms with E-state index in [-0.39, 0.29) is 11.5 Å². The molecule has 3 aromatic carbocycles. The predicted molar refractivity (Wildman–Crippen MR) is 123 cm³/mol. The van der Waals surface area contributed by atoms with Gasteiger partial charge in [-0.05, 0) is 41.0 Å². The van der Waals surface area contributed by atoms with Crippen molar-refractivity contribution in [1.29, 1.82) is 0 Å². The summed E-state index contributed by atoms with van der Waals surface area (Å²) in [6.07, 6.45) is 5.89. The summed E-state index contributed by atoms with van der Waals surface area (Å²) in [5.41, 5.74) is 1.19. The van der Waals surface area contributed by atoms with Crippen molar-refractivity contribution in [3.8, 4) is 11.5 Å². The summed E-state index contributed by atoms with van der Waals surface area (Å²) in [5.74, 6) is -1.73. The molecule has 2 N–H and O–H groups in total. The number of Topliss-reactive ketones (excluding diaryl/α,β-unsaturated/α-hetero) is 1. The molecule has 33 heavy (non-hydrogen) atoms. The molecule has 1 amide bonds. The standard InChI is InChI=1S/C26H23N3O4/c30-19-9-6-18(7-10-19)22-24(23-20-5-2-1-4-17(20)8-11-21(23)31)29(26(33)25(22)32)14-3-13-28-15-12-27-16-28/h1-2,4-12,15-16,22,24,30-31H,3,13-14H2. The van der Waals surface area contributed by atoms with E-state index < -0.39 is 23.7 Å². The molecule has 166 valence electrons. The average molecular weight is 441 g/mol. The summed E-state index contributed by atoms with van der Waals surface area (Å²) in [6, 6.07) is 16.7. The lowest BCUT2D eigenvalue weighted by atomic mass is 9.84. The molecule has 0 bridgehead atoms. The number of phenols is 2. The number of likely N-dealkylation sites (tertiary alicyclic amines) is 1. The van der Waals surface area contributed by atoms with Crippen molar-refractivity contribution in [3.63, 3.8) is 0 Å². The molecule has 0 saturated carbocycles. The lowest BCUT2D eigenvalue weighted by Gasteiger charge is -2.29. The Morgan fingerprint density at radius 1 is 0.909 bits per heavy atom. The summed E-state index contributed by atoms with van der Waals surface area (Å²) >= 11 is 0. The molecular weight excluding hydrogens is 418 g/mol. The van der Waals surface area contributed by atoms with Gasteiger partial charge < -0.3 is 19.7 Å². The molecule has 2 unspecified atom stereocenters. The number of benzene rings is 3. The fourth-order valence-electron chi connectivity index (χ4n) is 4.74. The van der Waals surface area contributed by atoms with Crippen molar-refractivity contribution in [3.05, 3.63) is 90.5 Å². The number of aromatic nitrogens is 2. The first kappa shape index (κ1) is 20.8. The Morgan fingerprint density at radius 3 is 2.45 bits per heavy atom. The van der Waals surface area contributed by atoms with E-state index in [1.165, 1.54) is 12.1 Å². The third-order valence-electron chi connectivity index (χ3n) is 6.28. The first-order valence-electron chi connectivity index (χ1n) is 10.8. The van der Waals surface area contributed by atoms with Gasteiger partial charge in [-0.15, -0.1) is 0 Å². The molecule has 7 heteroatoms. The quantitative estimate of drug-likeness (QED) is 0.444. The van der Waals surface area contributed by atoms with Crippen LogP contribution in [-0.2, 0) is 16.1 Å². The van der Waals surface area contributed by atoms with Gasteiger partial charge >= 0.3 is 0 Å². The Morgan fingerprint density at radius 2 is 1.70 bits per heavy atom. The molecule has 1 fully saturated rings. The minimum atomic E-state index is -0.789. The SMILES string of the molecule is O=C1C(=O)N(CCCn2ccnc2)C(c2c(O)ccc3ccccc23)C1c1ccc(O)cc1. The van der Waals surface area contributed by atoms with Gasteiger partial charge in [-0.3, -0.25) is 9.59 Å². The molecule has 1 aliphatic rings. The van der Waals surface area contributed by atoms with Crippen LogP contribution in [0.1, 0.15) is 29.5 Å². The van der Waals surface area contributed by atoms with E-state index in [0.29, 0.717) is 30.6 Å². The number of fused-ring (bicyclic) bond motifs is 1. The van der Waals surface area contributed by atoms with E-state index in [1.54, 1.807) is 35.6 Å². The zero-order valence-corrected chi connectivity index (χ0v) is 17.8. The van der Waals surface area contributed by atoms with Gasteiger partial charge in [0.25, 0.3) is 5.91 Å². The van der Waals surface area contributed by atoms with Gasteiger partial charge in [-0.25, -0.2) is 4.98 Å². The molecule has 0 aliphatic carbocycles. The maximum atomic E-state index is 13.3. The second-order valence-corrected chi connectivity index (χ2v) is 8.25. The Kier molecular flexibility index (Phi) is 5.30. The van der Waals surface area contributed by atoms with Crippen LogP contribution in [0.5, 0.6) is 11.5 Å². The number of hydrogen-bond acceptors (Lipinski definition) is 5. The predicted octanol–water partition coefficient (Wildman–Crippen LogP) is 3.77. The van der Waals surface area contributed by atoms with Gasteiger partial charge in [0.05, 0.1) is 18.3 Å². The number of hydrogen-bond donors (Lipinski definition) is 2. The third kappa shape index (κ3) is 3.71. The zero-order valence-electron chi connectivity index (χ0n) is 17.8. The summed E-state index contributed by atoms with van der Waals surface area (Å²) < 4.78 is 1.92. The highest BCUT2D eigenvalue weighted by molar-refractivity contribution is 6.40. The minimum Gasteiger partial charge on any atom is -0.508 e. The summed E-state index contributed by atoms with van der Waals surface area (Å²) in [6.45, 7) is 1.00. The minimum absolute atomic E-state index is 0.0459. The highest BCUT2D eigenvalue weighted by Crippen LogP contribution is 2.47. The third-order valence-corrected chi connectivity index (χ3v) is 6.28. The Bertz CT molecular complexity index is 1320. The van der Waals surface area contributed by atoms with Crippen molar-refractivity contribution in [2.45, 2.75) is 24.9 Å². The average Bonchev–Trinajstić information content (AvgIpc) is 3.42. The molecule has 7 nitrogen and oxygen atoms in total. The monoisotopic (exact) mass is 441 g/mol. The topological polar surface area (TPSA) is 95.7 Å². The number of carbonyl (C=O) groups excluding carboxylic acids is 2. The van der Waals surface area contributed by atoms with Crippen molar-refractivity contribution in [1.82, 2.24) is 14.5 Å². The first-order valence-corrected chi connectivity index (χ1v) is 10.8. The molecule has 1 aromatic heterocycles. The molecule has 0 spiro atoms. The van der Waals surface area contributed by atoms with Gasteiger partial charge in [0, 0.05) is 31.0 Å². The number of aryl methyl sites for hydroxylation is 1. The van der Waals surface area contributed by atoms with Gasteiger partial charge in [0.1, 0.15) is 11.5 Å². The molecule has 4 aromatic rings. The summed E-state index contributed by atoms with van der Waals surface area (Å²) in [7, 11) is 0. The number of ketones is 1. The van der Waals surface area contributed by atoms with E-state index in [4.69, 9.17) is 0 Å². The van der Waals surface area contributed by atoms with E-state index in [0.717, 1.165) is 10.8 Å². The number of phenolic OH excluding ortho intramolecular Hbond substituents is 2. The maximum absolute atomic E-state index is 13.3. The first-order chi connectivity index (χ1) is 16.0. The van der Waals surface area contributed by atoms with Gasteiger partial charge in [0.2, 0.25) is 5.78 Å². The van der Waals surface area contributed by atoms with Crippen LogP contribution in [0.2, 0.25) is 0 Å². The van der Waals surface area contributed by atoms with E-state index in [9.17, 15) is 19.8 Å².